The third-order valence-electron chi connectivity index (χ3n) is 7.79. The van der Waals surface area contributed by atoms with E-state index in [4.69, 9.17) is 33.2 Å². The normalized spacial score (nSPS) is 13.3. The molecule has 2 aromatic rings. The third-order valence-corrected chi connectivity index (χ3v) is 7.79. The van der Waals surface area contributed by atoms with Crippen molar-refractivity contribution in [2.45, 2.75) is 31.8 Å². The Hall–Kier alpha value is -4.22. The molecule has 15 nitrogen and oxygen atoms in total. The van der Waals surface area contributed by atoms with Gasteiger partial charge in [0.25, 0.3) is 0 Å². The molecule has 0 aromatic heterocycles. The maximum atomic E-state index is 13.5. The zero-order valence-electron chi connectivity index (χ0n) is 30.5. The molecule has 1 heterocycles. The number of aliphatic carboxylic acids is 1. The molecule has 0 bridgehead atoms. The zero-order chi connectivity index (χ0) is 37.9. The minimum Gasteiger partial charge on any atom is -0.481 e. The summed E-state index contributed by atoms with van der Waals surface area (Å²) >= 11 is 0. The summed E-state index contributed by atoms with van der Waals surface area (Å²) in [6.45, 7) is 5.92. The van der Waals surface area contributed by atoms with Crippen molar-refractivity contribution < 1.29 is 57.4 Å². The molecule has 0 radical (unpaired) electrons. The van der Waals surface area contributed by atoms with E-state index in [1.54, 1.807) is 12.0 Å². The Morgan fingerprint density at radius 1 is 0.679 bits per heavy atom. The van der Waals surface area contributed by atoms with Crippen LogP contribution in [0.25, 0.3) is 12.2 Å². The number of methoxy groups -OCH3 is 1. The lowest BCUT2D eigenvalue weighted by Gasteiger charge is -2.27. The molecule has 0 saturated heterocycles. The SMILES string of the molecule is COCCOCCOCCOCCOCCOCCOCCNC(=O)[C@H](CC(=O)O)NC(=O)CCC(=O)N1Cc2ccccc2/C=C\c2ccccc21. The van der Waals surface area contributed by atoms with Crippen LogP contribution in [-0.2, 0) is 58.9 Å². The molecule has 0 aliphatic carbocycles. The lowest BCUT2D eigenvalue weighted by Crippen LogP contribution is -2.48. The quantitative estimate of drug-likeness (QED) is 0.109. The van der Waals surface area contributed by atoms with E-state index in [0.29, 0.717) is 79.2 Å². The fourth-order valence-electron chi connectivity index (χ4n) is 5.09. The van der Waals surface area contributed by atoms with Crippen molar-refractivity contribution in [3.05, 3.63) is 65.2 Å². The number of hydrogen-bond acceptors (Lipinski definition) is 11. The lowest BCUT2D eigenvalue weighted by molar-refractivity contribution is -0.140. The molecule has 3 amide bonds. The highest BCUT2D eigenvalue weighted by atomic mass is 16.6. The summed E-state index contributed by atoms with van der Waals surface area (Å²) < 4.78 is 37.4. The fraction of sp³-hybridized carbons (Fsp3) is 0.526. The predicted octanol–water partition coefficient (Wildman–Crippen LogP) is 2.31. The van der Waals surface area contributed by atoms with Crippen molar-refractivity contribution in [1.29, 1.82) is 0 Å². The molecular formula is C38H53N3O12. The Labute approximate surface area is 310 Å². The summed E-state index contributed by atoms with van der Waals surface area (Å²) in [5, 5.41) is 14.4. The highest BCUT2D eigenvalue weighted by Crippen LogP contribution is 2.29. The second kappa shape index (κ2) is 26.5. The molecule has 3 rings (SSSR count). The number of ether oxygens (including phenoxy) is 7. The number of nitrogens with zero attached hydrogens (tertiary/aromatic N) is 1. The van der Waals surface area contributed by atoms with Crippen molar-refractivity contribution in [3.63, 3.8) is 0 Å². The van der Waals surface area contributed by atoms with Gasteiger partial charge in [0.05, 0.1) is 105 Å². The summed E-state index contributed by atoms with van der Waals surface area (Å²) in [7, 11) is 1.62. The van der Waals surface area contributed by atoms with Crippen molar-refractivity contribution in [1.82, 2.24) is 10.6 Å². The number of fused-ring (bicyclic) bond motifs is 2. The van der Waals surface area contributed by atoms with Crippen LogP contribution < -0.4 is 15.5 Å². The Morgan fingerprint density at radius 3 is 1.77 bits per heavy atom. The summed E-state index contributed by atoms with van der Waals surface area (Å²) in [6.07, 6.45) is 3.00. The Bertz CT molecular complexity index is 1420. The number of carboxylic acid groups (broad SMARTS) is 1. The second-order valence-electron chi connectivity index (χ2n) is 11.7. The highest BCUT2D eigenvalue weighted by molar-refractivity contribution is 5.99. The third kappa shape index (κ3) is 17.9. The molecule has 0 unspecified atom stereocenters. The smallest absolute Gasteiger partial charge is 0.305 e. The molecule has 53 heavy (non-hydrogen) atoms. The van der Waals surface area contributed by atoms with Crippen LogP contribution in [-0.4, -0.2) is 134 Å². The molecule has 0 spiro atoms. The van der Waals surface area contributed by atoms with Gasteiger partial charge in [-0.3, -0.25) is 19.2 Å². The van der Waals surface area contributed by atoms with Gasteiger partial charge in [-0.25, -0.2) is 0 Å². The maximum Gasteiger partial charge on any atom is 0.305 e. The van der Waals surface area contributed by atoms with Gasteiger partial charge in [0.1, 0.15) is 6.04 Å². The van der Waals surface area contributed by atoms with E-state index < -0.39 is 30.2 Å². The first-order chi connectivity index (χ1) is 25.9. The number of carbonyl (C=O) groups is 4. The van der Waals surface area contributed by atoms with Crippen molar-refractivity contribution in [2.75, 3.05) is 104 Å². The molecule has 15 heteroatoms. The Morgan fingerprint density at radius 2 is 1.19 bits per heavy atom. The maximum absolute atomic E-state index is 13.5. The number of benzene rings is 2. The molecule has 0 fully saturated rings. The van der Waals surface area contributed by atoms with Crippen LogP contribution >= 0.6 is 0 Å². The van der Waals surface area contributed by atoms with Gasteiger partial charge < -0.3 is 53.8 Å². The molecule has 3 N–H and O–H groups in total. The molecule has 0 saturated carbocycles. The van der Waals surface area contributed by atoms with Crippen LogP contribution in [0, 0.1) is 0 Å². The van der Waals surface area contributed by atoms with E-state index in [9.17, 15) is 24.3 Å². The van der Waals surface area contributed by atoms with E-state index in [2.05, 4.69) is 10.6 Å². The number of hydrogen-bond donors (Lipinski definition) is 3. The van der Waals surface area contributed by atoms with Gasteiger partial charge in [0.15, 0.2) is 0 Å². The standard InChI is InChI=1S/C38H53N3O12/c1-47-16-17-49-20-21-51-24-25-53-27-26-52-23-22-50-19-18-48-15-14-39-38(46)33(28-37(44)45)40-35(42)12-13-36(43)41-29-32-8-3-2-6-30(32)10-11-31-7-4-5-9-34(31)41/h2-11,33H,12-29H2,1H3,(H,39,46)(H,40,42)(H,44,45)/b11-10-/t33-/m0/s1. The summed E-state index contributed by atoms with van der Waals surface area (Å²) in [6, 6.07) is 14.0. The minimum atomic E-state index is -1.31. The largest absolute Gasteiger partial charge is 0.481 e. The summed E-state index contributed by atoms with van der Waals surface area (Å²) in [5.74, 6) is -2.79. The van der Waals surface area contributed by atoms with Crippen LogP contribution in [0.5, 0.6) is 0 Å². The molecule has 2 aromatic carbocycles. The molecule has 1 aliphatic heterocycles. The number of para-hydroxylation sites is 1. The first kappa shape index (κ1) is 43.2. The lowest BCUT2D eigenvalue weighted by atomic mass is 10.0. The van der Waals surface area contributed by atoms with Gasteiger partial charge in [0, 0.05) is 26.5 Å². The molecule has 1 atom stereocenters. The van der Waals surface area contributed by atoms with Crippen LogP contribution in [0.4, 0.5) is 5.69 Å². The first-order valence-electron chi connectivity index (χ1n) is 17.8. The topological polar surface area (TPSA) is 180 Å². The van der Waals surface area contributed by atoms with Crippen molar-refractivity contribution in [3.8, 4) is 0 Å². The Kier molecular flexibility index (Phi) is 21.6. The van der Waals surface area contributed by atoms with Crippen LogP contribution in [0.1, 0.15) is 36.0 Å². The number of nitrogens with one attached hydrogen (secondary N) is 2. The zero-order valence-corrected chi connectivity index (χ0v) is 30.5. The number of anilines is 1. The second-order valence-corrected chi connectivity index (χ2v) is 11.7. The molecular weight excluding hydrogens is 690 g/mol. The van der Waals surface area contributed by atoms with Crippen LogP contribution in [0.3, 0.4) is 0 Å². The number of rotatable bonds is 28. The average molecular weight is 744 g/mol. The summed E-state index contributed by atoms with van der Waals surface area (Å²) in [5.41, 5.74) is 3.55. The molecule has 1 aliphatic rings. The van der Waals surface area contributed by atoms with E-state index in [0.717, 1.165) is 22.4 Å². The van der Waals surface area contributed by atoms with Gasteiger partial charge in [-0.1, -0.05) is 54.6 Å². The van der Waals surface area contributed by atoms with Gasteiger partial charge >= 0.3 is 5.97 Å². The van der Waals surface area contributed by atoms with Crippen molar-refractivity contribution in [2.24, 2.45) is 0 Å². The van der Waals surface area contributed by atoms with Crippen molar-refractivity contribution >= 4 is 41.5 Å². The minimum absolute atomic E-state index is 0.101. The van der Waals surface area contributed by atoms with Gasteiger partial charge in [-0.05, 0) is 22.8 Å². The van der Waals surface area contributed by atoms with Crippen LogP contribution in [0.2, 0.25) is 0 Å². The first-order valence-corrected chi connectivity index (χ1v) is 17.8. The Balaban J connectivity index is 1.25. The van der Waals surface area contributed by atoms with Gasteiger partial charge in [-0.2, -0.15) is 0 Å². The van der Waals surface area contributed by atoms with E-state index >= 15 is 0 Å². The summed E-state index contributed by atoms with van der Waals surface area (Å²) in [4.78, 5) is 52.1. The van der Waals surface area contributed by atoms with E-state index in [-0.39, 0.29) is 38.5 Å². The van der Waals surface area contributed by atoms with E-state index in [1.165, 1.54) is 0 Å². The fourth-order valence-corrected chi connectivity index (χ4v) is 5.09. The number of amides is 3. The van der Waals surface area contributed by atoms with E-state index in [1.807, 2.05) is 60.7 Å². The monoisotopic (exact) mass is 743 g/mol. The predicted molar refractivity (Wildman–Crippen MR) is 196 cm³/mol. The van der Waals surface area contributed by atoms with Gasteiger partial charge in [-0.15, -0.1) is 0 Å². The van der Waals surface area contributed by atoms with Gasteiger partial charge in [0.2, 0.25) is 17.7 Å². The van der Waals surface area contributed by atoms with Crippen LogP contribution in [0.15, 0.2) is 48.5 Å². The number of carboxylic acids is 1. The number of carbonyl (C=O) groups excluding carboxylic acids is 3. The average Bonchev–Trinajstić information content (AvgIpc) is 3.15. The highest BCUT2D eigenvalue weighted by Gasteiger charge is 2.25. The molecule has 292 valence electrons.